The lowest BCUT2D eigenvalue weighted by Crippen LogP contribution is -2.26. The molecule has 3 N–H and O–H groups in total. The number of nitrogens with zero attached hydrogens (tertiary/aromatic N) is 2. The second-order valence-electron chi connectivity index (χ2n) is 4.61. The van der Waals surface area contributed by atoms with E-state index in [2.05, 4.69) is 10.1 Å². The molecule has 0 spiro atoms. The van der Waals surface area contributed by atoms with Gasteiger partial charge in [-0.05, 0) is 24.3 Å². The summed E-state index contributed by atoms with van der Waals surface area (Å²) in [5.41, 5.74) is 5.91. The van der Waals surface area contributed by atoms with Crippen molar-refractivity contribution in [2.75, 3.05) is 0 Å². The van der Waals surface area contributed by atoms with Gasteiger partial charge < -0.3 is 5.73 Å². The van der Waals surface area contributed by atoms with Gasteiger partial charge in [0.25, 0.3) is 0 Å². The second kappa shape index (κ2) is 7.47. The summed E-state index contributed by atoms with van der Waals surface area (Å²) in [6, 6.07) is 4.00. The summed E-state index contributed by atoms with van der Waals surface area (Å²) < 4.78 is 38.2. The molecule has 0 bridgehead atoms. The van der Waals surface area contributed by atoms with Gasteiger partial charge in [-0.25, -0.2) is 10.2 Å². The maximum Gasteiger partial charge on any atom is 0.417 e. The second-order valence-corrected chi connectivity index (χ2v) is 5.86. The van der Waals surface area contributed by atoms with Gasteiger partial charge in [-0.2, -0.15) is 18.3 Å². The van der Waals surface area contributed by atoms with Crippen molar-refractivity contribution in [3.63, 3.8) is 0 Å². The number of amides is 2. The molecule has 1 heterocycles. The molecule has 2 aromatic rings. The number of carbonyl (C=O) groups excluding carboxylic acids is 1. The van der Waals surface area contributed by atoms with Gasteiger partial charge >= 0.3 is 12.2 Å². The molecule has 2 rings (SSSR count). The van der Waals surface area contributed by atoms with Crippen molar-refractivity contribution in [1.29, 1.82) is 0 Å². The van der Waals surface area contributed by atoms with Crippen molar-refractivity contribution < 1.29 is 18.0 Å². The fraction of sp³-hybridized carbons (Fsp3) is 0.0714. The highest BCUT2D eigenvalue weighted by atomic mass is 35.5. The molecule has 0 saturated heterocycles. The largest absolute Gasteiger partial charge is 0.417 e. The Bertz CT molecular complexity index is 856. The quantitative estimate of drug-likeness (QED) is 0.577. The lowest BCUT2D eigenvalue weighted by atomic mass is 10.1. The molecule has 0 unspecified atom stereocenters. The predicted molar refractivity (Wildman–Crippen MR) is 89.1 cm³/mol. The average molecular weight is 412 g/mol. The van der Waals surface area contributed by atoms with Crippen LogP contribution in [-0.2, 0) is 6.18 Å². The van der Waals surface area contributed by atoms with Crippen LogP contribution in [-0.4, -0.2) is 16.7 Å². The van der Waals surface area contributed by atoms with Gasteiger partial charge in [0.15, 0.2) is 0 Å². The third kappa shape index (κ3) is 4.75. The zero-order valence-electron chi connectivity index (χ0n) is 12.0. The number of nitrogens with two attached hydrogens (primary N) is 1. The Morgan fingerprint density at radius 2 is 1.84 bits per heavy atom. The Hall–Kier alpha value is -2.03. The molecule has 0 aliphatic carbocycles. The average Bonchev–Trinajstić information content (AvgIpc) is 2.49. The Labute approximate surface area is 154 Å². The van der Waals surface area contributed by atoms with Crippen molar-refractivity contribution in [1.82, 2.24) is 10.4 Å². The smallest absolute Gasteiger partial charge is 0.350 e. The van der Waals surface area contributed by atoms with Crippen LogP contribution in [0.4, 0.5) is 18.0 Å². The minimum Gasteiger partial charge on any atom is -0.350 e. The van der Waals surface area contributed by atoms with Gasteiger partial charge in [0.2, 0.25) is 0 Å². The normalized spacial score (nSPS) is 12.2. The van der Waals surface area contributed by atoms with E-state index in [-0.39, 0.29) is 27.0 Å². The summed E-state index contributed by atoms with van der Waals surface area (Å²) in [5.74, 6) is 0. The van der Waals surface area contributed by atoms with E-state index in [1.165, 1.54) is 18.2 Å². The molecule has 0 radical (unpaired) electrons. The standard InChI is InChI=1S/C14H8Cl3F3N4O/c15-7-1-2-8(9(16)4-7)11(23-24-13(21)25)12-10(17)3-6(5-22-12)14(18,19)20/h1-5H,(H3,21,24,25)/b23-11-. The highest BCUT2D eigenvalue weighted by molar-refractivity contribution is 6.39. The van der Waals surface area contributed by atoms with Gasteiger partial charge in [0.1, 0.15) is 11.4 Å². The molecule has 2 amide bonds. The Balaban J connectivity index is 2.61. The summed E-state index contributed by atoms with van der Waals surface area (Å²) in [6.07, 6.45) is -4.03. The molecule has 0 fully saturated rings. The van der Waals surface area contributed by atoms with E-state index in [9.17, 15) is 18.0 Å². The Morgan fingerprint density at radius 3 is 2.36 bits per heavy atom. The highest BCUT2D eigenvalue weighted by Gasteiger charge is 2.32. The van der Waals surface area contributed by atoms with E-state index in [1.807, 2.05) is 5.43 Å². The first-order valence-corrected chi connectivity index (χ1v) is 7.54. The van der Waals surface area contributed by atoms with Crippen LogP contribution in [0.2, 0.25) is 15.1 Å². The predicted octanol–water partition coefficient (Wildman–Crippen LogP) is 4.48. The number of halogens is 6. The molecule has 5 nitrogen and oxygen atoms in total. The summed E-state index contributed by atoms with van der Waals surface area (Å²) in [7, 11) is 0. The number of benzene rings is 1. The number of hydrazone groups is 1. The zero-order chi connectivity index (χ0) is 18.8. The first-order chi connectivity index (χ1) is 11.6. The van der Waals surface area contributed by atoms with Gasteiger partial charge in [-0.1, -0.05) is 34.8 Å². The van der Waals surface area contributed by atoms with Crippen molar-refractivity contribution in [3.05, 3.63) is 62.4 Å². The number of carbonyl (C=O) groups is 1. The maximum absolute atomic E-state index is 12.7. The van der Waals surface area contributed by atoms with Gasteiger partial charge in [-0.15, -0.1) is 0 Å². The number of primary amides is 1. The lowest BCUT2D eigenvalue weighted by molar-refractivity contribution is -0.137. The van der Waals surface area contributed by atoms with Gasteiger partial charge in [-0.3, -0.25) is 4.98 Å². The van der Waals surface area contributed by atoms with Crippen LogP contribution >= 0.6 is 34.8 Å². The van der Waals surface area contributed by atoms with E-state index in [1.54, 1.807) is 0 Å². The van der Waals surface area contributed by atoms with E-state index in [0.29, 0.717) is 17.3 Å². The van der Waals surface area contributed by atoms with Gasteiger partial charge in [0.05, 0.1) is 15.6 Å². The number of nitrogens with one attached hydrogen (secondary N) is 1. The molecule has 0 aliphatic rings. The SMILES string of the molecule is NC(=O)N/N=C(/c1ccc(Cl)cc1Cl)c1ncc(C(F)(F)F)cc1Cl. The molecular weight excluding hydrogens is 404 g/mol. The maximum atomic E-state index is 12.7. The Morgan fingerprint density at radius 1 is 1.16 bits per heavy atom. The van der Waals surface area contributed by atoms with Crippen molar-refractivity contribution in [3.8, 4) is 0 Å². The molecular formula is C14H8Cl3F3N4O. The van der Waals surface area contributed by atoms with Crippen LogP contribution in [0.25, 0.3) is 0 Å². The molecule has 1 aromatic heterocycles. The van der Waals surface area contributed by atoms with E-state index in [4.69, 9.17) is 40.5 Å². The minimum atomic E-state index is -4.62. The Kier molecular flexibility index (Phi) is 5.76. The van der Waals surface area contributed by atoms with E-state index >= 15 is 0 Å². The van der Waals surface area contributed by atoms with Crippen LogP contribution < -0.4 is 11.2 Å². The molecule has 25 heavy (non-hydrogen) atoms. The molecule has 0 saturated carbocycles. The molecule has 1 aromatic carbocycles. The number of hydrogen-bond acceptors (Lipinski definition) is 3. The molecule has 132 valence electrons. The van der Waals surface area contributed by atoms with Gasteiger partial charge in [0, 0.05) is 16.8 Å². The minimum absolute atomic E-state index is 0.0841. The first-order valence-electron chi connectivity index (χ1n) is 6.41. The van der Waals surface area contributed by atoms with E-state index < -0.39 is 17.8 Å². The van der Waals surface area contributed by atoms with E-state index in [0.717, 1.165) is 0 Å². The highest BCUT2D eigenvalue weighted by Crippen LogP contribution is 2.32. The fourth-order valence-corrected chi connectivity index (χ4v) is 2.55. The summed E-state index contributed by atoms with van der Waals surface area (Å²) >= 11 is 17.8. The van der Waals surface area contributed by atoms with Crippen molar-refractivity contribution in [2.45, 2.75) is 6.18 Å². The number of hydrogen-bond donors (Lipinski definition) is 2. The third-order valence-corrected chi connectivity index (χ3v) is 3.69. The summed E-state index contributed by atoms with van der Waals surface area (Å²) in [5, 5.41) is 3.84. The van der Waals surface area contributed by atoms with Crippen molar-refractivity contribution in [2.24, 2.45) is 10.8 Å². The van der Waals surface area contributed by atoms with Crippen LogP contribution in [0.1, 0.15) is 16.8 Å². The fourth-order valence-electron chi connectivity index (χ4n) is 1.80. The van der Waals surface area contributed by atoms with Crippen LogP contribution in [0.15, 0.2) is 35.6 Å². The lowest BCUT2D eigenvalue weighted by Gasteiger charge is -2.12. The topological polar surface area (TPSA) is 80.4 Å². The zero-order valence-corrected chi connectivity index (χ0v) is 14.3. The van der Waals surface area contributed by atoms with Crippen molar-refractivity contribution >= 4 is 46.5 Å². The molecule has 0 aliphatic heterocycles. The summed E-state index contributed by atoms with van der Waals surface area (Å²) in [4.78, 5) is 14.6. The number of pyridine rings is 1. The third-order valence-electron chi connectivity index (χ3n) is 2.86. The first kappa shape index (κ1) is 19.3. The number of alkyl halides is 3. The van der Waals surface area contributed by atoms with Crippen LogP contribution in [0.3, 0.4) is 0 Å². The summed E-state index contributed by atoms with van der Waals surface area (Å²) in [6.45, 7) is 0. The number of urea groups is 1. The number of aromatic nitrogens is 1. The monoisotopic (exact) mass is 410 g/mol. The number of rotatable bonds is 3. The molecule has 0 atom stereocenters. The van der Waals surface area contributed by atoms with Crippen LogP contribution in [0, 0.1) is 0 Å². The van der Waals surface area contributed by atoms with Crippen LogP contribution in [0.5, 0.6) is 0 Å². The molecule has 11 heteroatoms.